The highest BCUT2D eigenvalue weighted by atomic mass is 19.1. The van der Waals surface area contributed by atoms with Crippen molar-refractivity contribution in [2.45, 2.75) is 44.6 Å². The molecule has 0 saturated carbocycles. The number of ketones is 1. The number of benzene rings is 1. The number of nitrogens with zero attached hydrogens (tertiary/aromatic N) is 1. The lowest BCUT2D eigenvalue weighted by molar-refractivity contribution is -0.240. The number of piperidine rings is 1. The normalized spacial score (nSPS) is 23.7. The fraction of sp³-hybridized carbons (Fsp3) is 0.650. The highest BCUT2D eigenvalue weighted by Gasteiger charge is 2.43. The molecule has 0 aromatic heterocycles. The van der Waals surface area contributed by atoms with Crippen molar-refractivity contribution in [3.63, 3.8) is 0 Å². The van der Waals surface area contributed by atoms with Crippen LogP contribution in [0.25, 0.3) is 0 Å². The summed E-state index contributed by atoms with van der Waals surface area (Å²) in [5, 5.41) is 0. The molecule has 0 radical (unpaired) electrons. The van der Waals surface area contributed by atoms with E-state index in [9.17, 15) is 9.18 Å². The molecule has 1 aromatic carbocycles. The van der Waals surface area contributed by atoms with Crippen LogP contribution >= 0.6 is 0 Å². The Balaban J connectivity index is 1.42. The monoisotopic (exact) mass is 349 g/mol. The van der Waals surface area contributed by atoms with Gasteiger partial charge >= 0.3 is 0 Å². The predicted molar refractivity (Wildman–Crippen MR) is 94.1 cm³/mol. The molecule has 2 heterocycles. The summed E-state index contributed by atoms with van der Waals surface area (Å²) in [4.78, 5) is 14.6. The standard InChI is InChI=1S/C20H28FNO3/c1-2-17-14-24-15-25-20(17)9-12-22(13-10-20)11-3-4-19(23)16-5-7-18(21)8-6-16/h5-8,17H,2-4,9-15H2,1H3. The summed E-state index contributed by atoms with van der Waals surface area (Å²) in [6.07, 6.45) is 4.52. The first kappa shape index (κ1) is 18.5. The first-order valence-corrected chi connectivity index (χ1v) is 9.36. The van der Waals surface area contributed by atoms with Crippen LogP contribution in [0.15, 0.2) is 24.3 Å². The number of ether oxygens (including phenoxy) is 2. The SMILES string of the molecule is CCC1COCOC12CCN(CCCC(=O)c1ccc(F)cc1)CC2. The van der Waals surface area contributed by atoms with Gasteiger partial charge < -0.3 is 14.4 Å². The molecule has 2 saturated heterocycles. The highest BCUT2D eigenvalue weighted by molar-refractivity contribution is 5.95. The largest absolute Gasteiger partial charge is 0.355 e. The zero-order valence-electron chi connectivity index (χ0n) is 15.0. The van der Waals surface area contributed by atoms with Gasteiger partial charge in [0.25, 0.3) is 0 Å². The number of halogens is 1. The molecule has 5 heteroatoms. The Morgan fingerprint density at radius 2 is 2.00 bits per heavy atom. The van der Waals surface area contributed by atoms with Crippen molar-refractivity contribution in [2.24, 2.45) is 5.92 Å². The van der Waals surface area contributed by atoms with Crippen LogP contribution in [-0.2, 0) is 9.47 Å². The zero-order chi connectivity index (χ0) is 17.7. The number of likely N-dealkylation sites (tertiary alicyclic amines) is 1. The minimum absolute atomic E-state index is 0.00652. The Bertz CT molecular complexity index is 567. The Hall–Kier alpha value is -1.30. The van der Waals surface area contributed by atoms with Crippen LogP contribution in [0.3, 0.4) is 0 Å². The molecule has 2 fully saturated rings. The third-order valence-electron chi connectivity index (χ3n) is 5.73. The van der Waals surface area contributed by atoms with Gasteiger partial charge in [-0.2, -0.15) is 0 Å². The average molecular weight is 349 g/mol. The Morgan fingerprint density at radius 1 is 1.28 bits per heavy atom. The highest BCUT2D eigenvalue weighted by Crippen LogP contribution is 2.38. The van der Waals surface area contributed by atoms with E-state index in [2.05, 4.69) is 11.8 Å². The fourth-order valence-electron chi connectivity index (χ4n) is 4.06. The van der Waals surface area contributed by atoms with Crippen molar-refractivity contribution < 1.29 is 18.7 Å². The van der Waals surface area contributed by atoms with E-state index in [1.54, 1.807) is 12.1 Å². The molecule has 1 atom stereocenters. The fourth-order valence-corrected chi connectivity index (χ4v) is 4.06. The third-order valence-corrected chi connectivity index (χ3v) is 5.73. The molecule has 138 valence electrons. The third kappa shape index (κ3) is 4.46. The van der Waals surface area contributed by atoms with Crippen molar-refractivity contribution in [3.05, 3.63) is 35.6 Å². The maximum atomic E-state index is 12.9. The quantitative estimate of drug-likeness (QED) is 0.735. The number of carbonyl (C=O) groups is 1. The zero-order valence-corrected chi connectivity index (χ0v) is 15.0. The van der Waals surface area contributed by atoms with Gasteiger partial charge in [-0.25, -0.2) is 4.39 Å². The second-order valence-corrected chi connectivity index (χ2v) is 7.18. The van der Waals surface area contributed by atoms with Crippen LogP contribution in [0.4, 0.5) is 4.39 Å². The van der Waals surface area contributed by atoms with Gasteiger partial charge in [-0.3, -0.25) is 4.79 Å². The summed E-state index contributed by atoms with van der Waals surface area (Å²) < 4.78 is 24.4. The van der Waals surface area contributed by atoms with Crippen molar-refractivity contribution in [1.82, 2.24) is 4.90 Å². The molecular weight excluding hydrogens is 321 g/mol. The lowest BCUT2D eigenvalue weighted by atomic mass is 9.77. The topological polar surface area (TPSA) is 38.8 Å². The van der Waals surface area contributed by atoms with Crippen LogP contribution in [0.5, 0.6) is 0 Å². The van der Waals surface area contributed by atoms with E-state index in [-0.39, 0.29) is 17.2 Å². The van der Waals surface area contributed by atoms with E-state index < -0.39 is 0 Å². The van der Waals surface area contributed by atoms with Crippen LogP contribution < -0.4 is 0 Å². The minimum atomic E-state index is -0.306. The maximum Gasteiger partial charge on any atom is 0.162 e. The number of Topliss-reactive ketones (excluding diaryl/α,β-unsaturated/α-hetero) is 1. The molecule has 2 aliphatic rings. The van der Waals surface area contributed by atoms with Gasteiger partial charge in [0.15, 0.2) is 5.78 Å². The van der Waals surface area contributed by atoms with Crippen LogP contribution in [0.2, 0.25) is 0 Å². The molecule has 2 aliphatic heterocycles. The summed E-state index contributed by atoms with van der Waals surface area (Å²) >= 11 is 0. The number of hydrogen-bond acceptors (Lipinski definition) is 4. The molecule has 0 aliphatic carbocycles. The number of carbonyl (C=O) groups excluding carboxylic acids is 1. The second-order valence-electron chi connectivity index (χ2n) is 7.18. The molecule has 3 rings (SSSR count). The summed E-state index contributed by atoms with van der Waals surface area (Å²) in [6.45, 7) is 6.39. The van der Waals surface area contributed by atoms with Crippen molar-refractivity contribution >= 4 is 5.78 Å². The average Bonchev–Trinajstić information content (AvgIpc) is 2.64. The first-order valence-electron chi connectivity index (χ1n) is 9.36. The van der Waals surface area contributed by atoms with Crippen LogP contribution in [0, 0.1) is 11.7 Å². The lowest BCUT2D eigenvalue weighted by Gasteiger charge is -2.48. The van der Waals surface area contributed by atoms with E-state index in [1.807, 2.05) is 0 Å². The predicted octanol–water partition coefficient (Wildman–Crippen LogP) is 3.65. The number of rotatable bonds is 6. The Morgan fingerprint density at radius 3 is 2.68 bits per heavy atom. The van der Waals surface area contributed by atoms with Crippen molar-refractivity contribution in [2.75, 3.05) is 33.0 Å². The molecule has 0 amide bonds. The maximum absolute atomic E-state index is 12.9. The molecule has 1 spiro atoms. The Kier molecular flexibility index (Phi) is 6.20. The number of hydrogen-bond donors (Lipinski definition) is 0. The van der Waals surface area contributed by atoms with Gasteiger partial charge in [0.05, 0.1) is 12.2 Å². The van der Waals surface area contributed by atoms with Gasteiger partial charge in [0.1, 0.15) is 12.6 Å². The Labute approximate surface area is 149 Å². The summed E-state index contributed by atoms with van der Waals surface area (Å²) in [5.41, 5.74) is 0.591. The van der Waals surface area contributed by atoms with Gasteiger partial charge in [0, 0.05) is 31.0 Å². The van der Waals surface area contributed by atoms with Crippen LogP contribution in [0.1, 0.15) is 49.4 Å². The minimum Gasteiger partial charge on any atom is -0.355 e. The summed E-state index contributed by atoms with van der Waals surface area (Å²) in [5.74, 6) is 0.273. The smallest absolute Gasteiger partial charge is 0.162 e. The summed E-state index contributed by atoms with van der Waals surface area (Å²) in [6, 6.07) is 5.82. The van der Waals surface area contributed by atoms with Crippen molar-refractivity contribution in [3.8, 4) is 0 Å². The van der Waals surface area contributed by atoms with E-state index in [1.165, 1.54) is 12.1 Å². The molecule has 1 aromatic rings. The molecule has 0 N–H and O–H groups in total. The van der Waals surface area contributed by atoms with Gasteiger partial charge in [-0.1, -0.05) is 6.92 Å². The molecular formula is C20H28FNO3. The van der Waals surface area contributed by atoms with Gasteiger partial charge in [-0.15, -0.1) is 0 Å². The van der Waals surface area contributed by atoms with E-state index in [4.69, 9.17) is 9.47 Å². The van der Waals surface area contributed by atoms with Crippen molar-refractivity contribution in [1.29, 1.82) is 0 Å². The molecule has 4 nitrogen and oxygen atoms in total. The van der Waals surface area contributed by atoms with E-state index in [0.717, 1.165) is 51.9 Å². The lowest BCUT2D eigenvalue weighted by Crippen LogP contribution is -2.54. The summed E-state index contributed by atoms with van der Waals surface area (Å²) in [7, 11) is 0. The first-order chi connectivity index (χ1) is 12.1. The molecule has 1 unspecified atom stereocenters. The van der Waals surface area contributed by atoms with E-state index in [0.29, 0.717) is 24.7 Å². The molecule has 0 bridgehead atoms. The van der Waals surface area contributed by atoms with Gasteiger partial charge in [-0.05, 0) is 56.5 Å². The second kappa shape index (κ2) is 8.39. The van der Waals surface area contributed by atoms with E-state index >= 15 is 0 Å². The molecule has 25 heavy (non-hydrogen) atoms. The van der Waals surface area contributed by atoms with Gasteiger partial charge in [0.2, 0.25) is 0 Å². The van der Waals surface area contributed by atoms with Crippen LogP contribution in [-0.4, -0.2) is 49.3 Å².